The van der Waals surface area contributed by atoms with Crippen LogP contribution in [0.2, 0.25) is 0 Å². The lowest BCUT2D eigenvalue weighted by Gasteiger charge is -2.20. The molecule has 6 heteroatoms. The number of aromatic nitrogens is 1. The highest BCUT2D eigenvalue weighted by atomic mass is 31.1. The van der Waals surface area contributed by atoms with Gasteiger partial charge in [-0.3, -0.25) is 4.98 Å². The van der Waals surface area contributed by atoms with Crippen molar-refractivity contribution in [2.45, 2.75) is 0 Å². The van der Waals surface area contributed by atoms with E-state index in [0.717, 1.165) is 24.3 Å². The Bertz CT molecular complexity index is 747. The summed E-state index contributed by atoms with van der Waals surface area (Å²) < 4.78 is 57.0. The van der Waals surface area contributed by atoms with Crippen molar-refractivity contribution in [3.63, 3.8) is 0 Å². The Labute approximate surface area is 131 Å². The summed E-state index contributed by atoms with van der Waals surface area (Å²) in [4.78, 5) is 4.06. The molecule has 0 aliphatic heterocycles. The average molecular weight is 335 g/mol. The summed E-state index contributed by atoms with van der Waals surface area (Å²) in [5, 5.41) is -0.740. The lowest BCUT2D eigenvalue weighted by Crippen LogP contribution is -2.30. The van der Waals surface area contributed by atoms with Crippen LogP contribution in [-0.4, -0.2) is 4.98 Å². The fourth-order valence-corrected chi connectivity index (χ4v) is 4.48. The molecule has 0 radical (unpaired) electrons. The van der Waals surface area contributed by atoms with E-state index < -0.39 is 31.2 Å². The minimum Gasteiger partial charge on any atom is -0.256 e. The summed E-state index contributed by atoms with van der Waals surface area (Å²) in [7, 11) is -2.14. The van der Waals surface area contributed by atoms with Gasteiger partial charge in [-0.1, -0.05) is 18.2 Å². The molecule has 23 heavy (non-hydrogen) atoms. The molecule has 1 heterocycles. The van der Waals surface area contributed by atoms with Crippen LogP contribution < -0.4 is 16.0 Å². The van der Waals surface area contributed by atoms with Gasteiger partial charge >= 0.3 is 0 Å². The van der Waals surface area contributed by atoms with Crippen LogP contribution in [0.25, 0.3) is 0 Å². The molecular weight excluding hydrogens is 325 g/mol. The molecule has 1 aromatic heterocycles. The Kier molecular flexibility index (Phi) is 4.39. The van der Waals surface area contributed by atoms with Gasteiger partial charge in [0.25, 0.3) is 0 Å². The molecule has 0 aliphatic carbocycles. The van der Waals surface area contributed by atoms with E-state index in [1.807, 2.05) is 0 Å². The molecular formula is C17H10F4NP. The van der Waals surface area contributed by atoms with Crippen LogP contribution in [0.4, 0.5) is 17.6 Å². The molecule has 0 saturated carbocycles. The van der Waals surface area contributed by atoms with Crippen LogP contribution in [-0.2, 0) is 0 Å². The van der Waals surface area contributed by atoms with Crippen molar-refractivity contribution >= 4 is 24.0 Å². The molecule has 0 fully saturated rings. The van der Waals surface area contributed by atoms with Crippen LogP contribution in [0.1, 0.15) is 0 Å². The van der Waals surface area contributed by atoms with Crippen molar-refractivity contribution < 1.29 is 17.6 Å². The van der Waals surface area contributed by atoms with E-state index in [1.54, 1.807) is 12.1 Å². The molecule has 3 aromatic rings. The number of hydrogen-bond donors (Lipinski definition) is 0. The molecule has 1 nitrogen and oxygen atoms in total. The predicted octanol–water partition coefficient (Wildman–Crippen LogP) is 3.40. The molecule has 3 rings (SSSR count). The first-order valence-corrected chi connectivity index (χ1v) is 8.03. The zero-order chi connectivity index (χ0) is 16.4. The zero-order valence-corrected chi connectivity index (χ0v) is 12.6. The molecule has 0 unspecified atom stereocenters. The minimum atomic E-state index is -2.14. The molecule has 0 atom stereocenters. The molecule has 0 bridgehead atoms. The maximum Gasteiger partial charge on any atom is 0.134 e. The summed E-state index contributed by atoms with van der Waals surface area (Å²) in [5.74, 6) is -3.43. The van der Waals surface area contributed by atoms with Gasteiger partial charge in [0.2, 0.25) is 0 Å². The second-order valence-electron chi connectivity index (χ2n) is 4.66. The summed E-state index contributed by atoms with van der Waals surface area (Å²) in [5.41, 5.74) is 0.218. The highest BCUT2D eigenvalue weighted by molar-refractivity contribution is 7.79. The predicted molar refractivity (Wildman–Crippen MR) is 82.8 cm³/mol. The molecule has 2 aromatic carbocycles. The fourth-order valence-electron chi connectivity index (χ4n) is 2.23. The second-order valence-corrected chi connectivity index (χ2v) is 6.69. The van der Waals surface area contributed by atoms with Gasteiger partial charge in [0.1, 0.15) is 23.3 Å². The maximum absolute atomic E-state index is 14.2. The highest BCUT2D eigenvalue weighted by Crippen LogP contribution is 2.36. The van der Waals surface area contributed by atoms with Crippen molar-refractivity contribution in [2.24, 2.45) is 0 Å². The van der Waals surface area contributed by atoms with E-state index in [-0.39, 0.29) is 16.0 Å². The van der Waals surface area contributed by atoms with Crippen molar-refractivity contribution in [3.8, 4) is 0 Å². The van der Waals surface area contributed by atoms with E-state index in [1.165, 1.54) is 24.4 Å². The molecule has 0 spiro atoms. The van der Waals surface area contributed by atoms with Crippen LogP contribution in [0, 0.1) is 23.3 Å². The first-order chi connectivity index (χ1) is 11.1. The topological polar surface area (TPSA) is 12.9 Å². The van der Waals surface area contributed by atoms with Crippen molar-refractivity contribution in [2.75, 3.05) is 0 Å². The standard InChI is InChI=1S/C17H10F4NP/c18-11-5-3-6-12(19)16(11)23(15-9-1-2-10-22-15)17-13(20)7-4-8-14(17)21/h1-10H. The molecule has 0 amide bonds. The van der Waals surface area contributed by atoms with Crippen molar-refractivity contribution in [1.82, 2.24) is 4.98 Å². The average Bonchev–Trinajstić information content (AvgIpc) is 2.53. The summed E-state index contributed by atoms with van der Waals surface area (Å²) in [6.45, 7) is 0. The number of benzene rings is 2. The number of nitrogens with zero attached hydrogens (tertiary/aromatic N) is 1. The first kappa shape index (κ1) is 15.6. The van der Waals surface area contributed by atoms with Gasteiger partial charge in [0, 0.05) is 14.1 Å². The van der Waals surface area contributed by atoms with Gasteiger partial charge in [0.15, 0.2) is 0 Å². The third-order valence-corrected chi connectivity index (χ3v) is 5.67. The third kappa shape index (κ3) is 2.97. The first-order valence-electron chi connectivity index (χ1n) is 6.69. The maximum atomic E-state index is 14.2. The third-order valence-electron chi connectivity index (χ3n) is 3.20. The smallest absolute Gasteiger partial charge is 0.134 e. The Morgan fingerprint density at radius 2 is 1.09 bits per heavy atom. The molecule has 116 valence electrons. The van der Waals surface area contributed by atoms with Crippen LogP contribution in [0.15, 0.2) is 60.8 Å². The normalized spacial score (nSPS) is 11.0. The Hall–Kier alpha value is -2.26. The molecule has 0 N–H and O–H groups in total. The monoisotopic (exact) mass is 335 g/mol. The second kappa shape index (κ2) is 6.47. The number of hydrogen-bond acceptors (Lipinski definition) is 1. The van der Waals surface area contributed by atoms with E-state index in [4.69, 9.17) is 0 Å². The highest BCUT2D eigenvalue weighted by Gasteiger charge is 2.29. The van der Waals surface area contributed by atoms with E-state index in [2.05, 4.69) is 4.98 Å². The minimum absolute atomic E-state index is 0.218. The van der Waals surface area contributed by atoms with Gasteiger partial charge in [-0.05, 0) is 36.4 Å². The van der Waals surface area contributed by atoms with Gasteiger partial charge in [-0.15, -0.1) is 0 Å². The number of rotatable bonds is 3. The summed E-state index contributed by atoms with van der Waals surface area (Å²) in [6, 6.07) is 11.4. The van der Waals surface area contributed by atoms with E-state index in [0.29, 0.717) is 0 Å². The Balaban J connectivity index is 2.33. The number of halogens is 4. The summed E-state index contributed by atoms with van der Waals surface area (Å²) in [6.07, 6.45) is 1.42. The molecule has 0 saturated heterocycles. The lowest BCUT2D eigenvalue weighted by molar-refractivity contribution is 0.595. The Morgan fingerprint density at radius 3 is 1.48 bits per heavy atom. The van der Waals surface area contributed by atoms with Crippen molar-refractivity contribution in [3.05, 3.63) is 84.1 Å². The SMILES string of the molecule is Fc1cccc(F)c1P(c1ccccn1)c1c(F)cccc1F. The van der Waals surface area contributed by atoms with Gasteiger partial charge in [-0.2, -0.15) is 0 Å². The van der Waals surface area contributed by atoms with E-state index >= 15 is 0 Å². The quantitative estimate of drug-likeness (QED) is 0.528. The van der Waals surface area contributed by atoms with Crippen LogP contribution in [0.3, 0.4) is 0 Å². The molecule has 0 aliphatic rings. The van der Waals surface area contributed by atoms with Gasteiger partial charge in [-0.25, -0.2) is 17.6 Å². The van der Waals surface area contributed by atoms with Gasteiger partial charge in [0.05, 0.1) is 16.0 Å². The Morgan fingerprint density at radius 1 is 0.609 bits per heavy atom. The zero-order valence-electron chi connectivity index (χ0n) is 11.7. The van der Waals surface area contributed by atoms with Crippen LogP contribution >= 0.6 is 7.92 Å². The lowest BCUT2D eigenvalue weighted by atomic mass is 10.3. The van der Waals surface area contributed by atoms with E-state index in [9.17, 15) is 17.6 Å². The van der Waals surface area contributed by atoms with Crippen LogP contribution in [0.5, 0.6) is 0 Å². The van der Waals surface area contributed by atoms with Gasteiger partial charge < -0.3 is 0 Å². The fraction of sp³-hybridized carbons (Fsp3) is 0. The van der Waals surface area contributed by atoms with Crippen molar-refractivity contribution in [1.29, 1.82) is 0 Å². The largest absolute Gasteiger partial charge is 0.256 e. The number of pyridine rings is 1. The summed E-state index contributed by atoms with van der Waals surface area (Å²) >= 11 is 0.